The molecule has 0 spiro atoms. The normalized spacial score (nSPS) is 17.7. The standard InChI is InChI=1S/C21H26N2O4/c1-13-10-14(2)23-21(25)19(13)11-22-20(24)17-6-4-16(5-7-17)15(3)27-18-8-9-26-12-18/h4-7,10,15,18H,8-9,11-12H2,1-3H3,(H,22,24)(H,23,25)/t15-,18-/m0/s1. The number of carbonyl (C=O) groups is 1. The van der Waals surface area contributed by atoms with Gasteiger partial charge in [-0.25, -0.2) is 0 Å². The smallest absolute Gasteiger partial charge is 0.253 e. The Morgan fingerprint density at radius 3 is 2.70 bits per heavy atom. The van der Waals surface area contributed by atoms with Crippen LogP contribution >= 0.6 is 0 Å². The van der Waals surface area contributed by atoms with Crippen molar-refractivity contribution in [1.29, 1.82) is 0 Å². The van der Waals surface area contributed by atoms with Gasteiger partial charge in [0, 0.05) is 30.0 Å². The number of amides is 1. The molecule has 1 aromatic carbocycles. The molecule has 0 bridgehead atoms. The van der Waals surface area contributed by atoms with Gasteiger partial charge in [-0.15, -0.1) is 0 Å². The lowest BCUT2D eigenvalue weighted by Crippen LogP contribution is -2.27. The van der Waals surface area contributed by atoms with Crippen molar-refractivity contribution in [3.05, 3.63) is 68.6 Å². The highest BCUT2D eigenvalue weighted by atomic mass is 16.5. The predicted octanol–water partition coefficient (Wildman–Crippen LogP) is 2.79. The Kier molecular flexibility index (Phi) is 6.08. The maximum Gasteiger partial charge on any atom is 0.253 e. The fraction of sp³-hybridized carbons (Fsp3) is 0.429. The van der Waals surface area contributed by atoms with Gasteiger partial charge < -0.3 is 19.8 Å². The van der Waals surface area contributed by atoms with Crippen LogP contribution in [0.1, 0.15) is 52.2 Å². The van der Waals surface area contributed by atoms with Crippen molar-refractivity contribution in [3.8, 4) is 0 Å². The molecule has 6 heteroatoms. The first-order chi connectivity index (χ1) is 12.9. The Morgan fingerprint density at radius 1 is 1.33 bits per heavy atom. The third-order valence-electron chi connectivity index (χ3n) is 4.85. The van der Waals surface area contributed by atoms with Crippen molar-refractivity contribution in [3.63, 3.8) is 0 Å². The molecule has 1 fully saturated rings. The summed E-state index contributed by atoms with van der Waals surface area (Å²) in [4.78, 5) is 27.2. The molecule has 1 aliphatic heterocycles. The summed E-state index contributed by atoms with van der Waals surface area (Å²) in [6, 6.07) is 9.26. The minimum atomic E-state index is -0.210. The molecule has 1 aromatic heterocycles. The zero-order chi connectivity index (χ0) is 19.4. The minimum Gasteiger partial charge on any atom is -0.379 e. The van der Waals surface area contributed by atoms with Crippen LogP contribution in [0.3, 0.4) is 0 Å². The van der Waals surface area contributed by atoms with Crippen molar-refractivity contribution in [2.24, 2.45) is 0 Å². The van der Waals surface area contributed by atoms with Crippen LogP contribution in [0, 0.1) is 13.8 Å². The summed E-state index contributed by atoms with van der Waals surface area (Å²) in [6.45, 7) is 7.29. The van der Waals surface area contributed by atoms with Crippen LogP contribution in [-0.2, 0) is 16.0 Å². The van der Waals surface area contributed by atoms with Gasteiger partial charge in [-0.2, -0.15) is 0 Å². The average Bonchev–Trinajstić information content (AvgIpc) is 3.13. The van der Waals surface area contributed by atoms with E-state index in [-0.39, 0.29) is 30.2 Å². The molecule has 2 heterocycles. The van der Waals surface area contributed by atoms with Gasteiger partial charge in [0.05, 0.1) is 18.8 Å². The van der Waals surface area contributed by atoms with Crippen LogP contribution < -0.4 is 10.9 Å². The number of aromatic amines is 1. The lowest BCUT2D eigenvalue weighted by molar-refractivity contribution is -0.00767. The van der Waals surface area contributed by atoms with Crippen molar-refractivity contribution >= 4 is 5.91 Å². The second-order valence-electron chi connectivity index (χ2n) is 7.01. The van der Waals surface area contributed by atoms with Crippen LogP contribution in [0.5, 0.6) is 0 Å². The summed E-state index contributed by atoms with van der Waals surface area (Å²) in [7, 11) is 0. The molecule has 144 valence electrons. The molecule has 1 amide bonds. The topological polar surface area (TPSA) is 80.4 Å². The van der Waals surface area contributed by atoms with Crippen molar-refractivity contribution in [1.82, 2.24) is 10.3 Å². The van der Waals surface area contributed by atoms with Crippen LogP contribution in [0.4, 0.5) is 0 Å². The number of H-pyrrole nitrogens is 1. The molecule has 2 aromatic rings. The monoisotopic (exact) mass is 370 g/mol. The van der Waals surface area contributed by atoms with E-state index in [0.717, 1.165) is 29.8 Å². The third kappa shape index (κ3) is 4.84. The molecule has 2 atom stereocenters. The van der Waals surface area contributed by atoms with E-state index in [2.05, 4.69) is 10.3 Å². The number of rotatable bonds is 6. The van der Waals surface area contributed by atoms with E-state index >= 15 is 0 Å². The molecule has 0 radical (unpaired) electrons. The minimum absolute atomic E-state index is 0.0532. The number of ether oxygens (including phenoxy) is 2. The van der Waals surface area contributed by atoms with E-state index in [4.69, 9.17) is 9.47 Å². The second kappa shape index (κ2) is 8.50. The predicted molar refractivity (Wildman–Crippen MR) is 103 cm³/mol. The summed E-state index contributed by atoms with van der Waals surface area (Å²) in [5.41, 5.74) is 3.66. The van der Waals surface area contributed by atoms with E-state index in [1.807, 2.05) is 39.0 Å². The molecule has 1 aliphatic rings. The Bertz CT molecular complexity index is 851. The second-order valence-corrected chi connectivity index (χ2v) is 7.01. The van der Waals surface area contributed by atoms with Gasteiger partial charge >= 0.3 is 0 Å². The molecule has 2 N–H and O–H groups in total. The van der Waals surface area contributed by atoms with Crippen molar-refractivity contribution in [2.75, 3.05) is 13.2 Å². The Morgan fingerprint density at radius 2 is 2.07 bits per heavy atom. The molecule has 27 heavy (non-hydrogen) atoms. The molecular weight excluding hydrogens is 344 g/mol. The fourth-order valence-corrected chi connectivity index (χ4v) is 3.26. The highest BCUT2D eigenvalue weighted by Gasteiger charge is 2.20. The van der Waals surface area contributed by atoms with Crippen LogP contribution in [0.25, 0.3) is 0 Å². The first-order valence-electron chi connectivity index (χ1n) is 9.25. The van der Waals surface area contributed by atoms with Gasteiger partial charge in [-0.3, -0.25) is 9.59 Å². The molecular formula is C21H26N2O4. The van der Waals surface area contributed by atoms with E-state index in [1.165, 1.54) is 0 Å². The van der Waals surface area contributed by atoms with Crippen LogP contribution in [0.15, 0.2) is 35.1 Å². The fourth-order valence-electron chi connectivity index (χ4n) is 3.26. The first kappa shape index (κ1) is 19.3. The first-order valence-corrected chi connectivity index (χ1v) is 9.25. The maximum absolute atomic E-state index is 12.4. The summed E-state index contributed by atoms with van der Waals surface area (Å²) in [6.07, 6.45) is 1.00. The SMILES string of the molecule is Cc1cc(C)c(CNC(=O)c2ccc([C@H](C)O[C@H]3CCOC3)cc2)c(=O)[nH]1. The molecule has 6 nitrogen and oxygen atoms in total. The molecule has 0 unspecified atom stereocenters. The number of hydrogen-bond donors (Lipinski definition) is 2. The Balaban J connectivity index is 1.60. The number of aromatic nitrogens is 1. The number of hydrogen-bond acceptors (Lipinski definition) is 4. The number of carbonyl (C=O) groups excluding carboxylic acids is 1. The molecule has 1 saturated heterocycles. The average molecular weight is 370 g/mol. The molecule has 0 saturated carbocycles. The van der Waals surface area contributed by atoms with E-state index in [0.29, 0.717) is 17.7 Å². The Labute approximate surface area is 158 Å². The number of aryl methyl sites for hydroxylation is 2. The van der Waals surface area contributed by atoms with Gasteiger partial charge in [-0.05, 0) is 56.5 Å². The van der Waals surface area contributed by atoms with Gasteiger partial charge in [0.1, 0.15) is 0 Å². The highest BCUT2D eigenvalue weighted by Crippen LogP contribution is 2.22. The lowest BCUT2D eigenvalue weighted by Gasteiger charge is -2.18. The Hall–Kier alpha value is -2.44. The summed E-state index contributed by atoms with van der Waals surface area (Å²) in [5, 5.41) is 2.82. The van der Waals surface area contributed by atoms with Gasteiger partial charge in [-0.1, -0.05) is 12.1 Å². The molecule has 3 rings (SSSR count). The number of benzene rings is 1. The van der Waals surface area contributed by atoms with Gasteiger partial charge in [0.25, 0.3) is 11.5 Å². The quantitative estimate of drug-likeness (QED) is 0.819. The number of nitrogens with one attached hydrogen (secondary N) is 2. The number of pyridine rings is 1. The summed E-state index contributed by atoms with van der Waals surface area (Å²) < 4.78 is 11.3. The largest absolute Gasteiger partial charge is 0.379 e. The van der Waals surface area contributed by atoms with E-state index < -0.39 is 0 Å². The summed E-state index contributed by atoms with van der Waals surface area (Å²) >= 11 is 0. The van der Waals surface area contributed by atoms with Crippen LogP contribution in [-0.4, -0.2) is 30.2 Å². The maximum atomic E-state index is 12.4. The van der Waals surface area contributed by atoms with E-state index in [9.17, 15) is 9.59 Å². The zero-order valence-corrected chi connectivity index (χ0v) is 16.0. The van der Waals surface area contributed by atoms with Gasteiger partial charge in [0.15, 0.2) is 0 Å². The summed E-state index contributed by atoms with van der Waals surface area (Å²) in [5.74, 6) is -0.210. The van der Waals surface area contributed by atoms with Crippen LogP contribution in [0.2, 0.25) is 0 Å². The van der Waals surface area contributed by atoms with Crippen molar-refractivity contribution in [2.45, 2.75) is 45.9 Å². The zero-order valence-electron chi connectivity index (χ0n) is 16.0. The third-order valence-corrected chi connectivity index (χ3v) is 4.85. The molecule has 0 aliphatic carbocycles. The van der Waals surface area contributed by atoms with Gasteiger partial charge in [0.2, 0.25) is 0 Å². The van der Waals surface area contributed by atoms with E-state index in [1.54, 1.807) is 12.1 Å². The highest BCUT2D eigenvalue weighted by molar-refractivity contribution is 5.94. The lowest BCUT2D eigenvalue weighted by atomic mass is 10.1. The van der Waals surface area contributed by atoms with Crippen molar-refractivity contribution < 1.29 is 14.3 Å².